The van der Waals surface area contributed by atoms with Crippen LogP contribution in [0.5, 0.6) is 5.75 Å². The topological polar surface area (TPSA) is 51.0 Å². The fraction of sp³-hybridized carbons (Fsp3) is 0.333. The van der Waals surface area contributed by atoms with Crippen molar-refractivity contribution < 1.29 is 4.74 Å². The number of rotatable bonds is 2. The minimum absolute atomic E-state index is 0.567. The largest absolute Gasteiger partial charge is 0.496 e. The Balaban J connectivity index is 2.75. The van der Waals surface area contributed by atoms with Gasteiger partial charge in [-0.05, 0) is 31.0 Å². The van der Waals surface area contributed by atoms with Crippen LogP contribution < -0.4 is 10.5 Å². The molecule has 3 heteroatoms. The molecule has 15 heavy (non-hydrogen) atoms. The number of hydrogen-bond acceptors (Lipinski definition) is 2. The molecule has 80 valence electrons. The second kappa shape index (κ2) is 3.59. The van der Waals surface area contributed by atoms with Crippen LogP contribution in [0.4, 0.5) is 0 Å². The van der Waals surface area contributed by atoms with Crippen molar-refractivity contribution in [1.82, 2.24) is 4.98 Å². The first-order valence-electron chi connectivity index (χ1n) is 5.03. The van der Waals surface area contributed by atoms with E-state index in [4.69, 9.17) is 10.5 Å². The molecule has 0 saturated heterocycles. The summed E-state index contributed by atoms with van der Waals surface area (Å²) in [5, 5.41) is 1.20. The molecule has 0 atom stereocenters. The highest BCUT2D eigenvalue weighted by Crippen LogP contribution is 2.28. The van der Waals surface area contributed by atoms with E-state index < -0.39 is 0 Å². The van der Waals surface area contributed by atoms with E-state index in [2.05, 4.69) is 11.1 Å². The lowest BCUT2D eigenvalue weighted by atomic mass is 10.1. The van der Waals surface area contributed by atoms with Crippen molar-refractivity contribution in [1.29, 1.82) is 0 Å². The Morgan fingerprint density at radius 3 is 2.67 bits per heavy atom. The molecule has 3 nitrogen and oxygen atoms in total. The van der Waals surface area contributed by atoms with E-state index in [9.17, 15) is 0 Å². The molecule has 0 spiro atoms. The molecule has 0 fully saturated rings. The van der Waals surface area contributed by atoms with Gasteiger partial charge in [-0.3, -0.25) is 0 Å². The van der Waals surface area contributed by atoms with Gasteiger partial charge in [0.2, 0.25) is 0 Å². The molecular formula is C12H16N2O. The van der Waals surface area contributed by atoms with E-state index in [0.29, 0.717) is 6.54 Å². The van der Waals surface area contributed by atoms with Crippen LogP contribution in [0, 0.1) is 13.8 Å². The molecule has 0 aliphatic heterocycles. The van der Waals surface area contributed by atoms with E-state index in [1.165, 1.54) is 10.9 Å². The number of H-pyrrole nitrogens is 1. The number of nitrogens with two attached hydrogens (primary N) is 1. The van der Waals surface area contributed by atoms with Crippen molar-refractivity contribution in [2.75, 3.05) is 7.11 Å². The minimum Gasteiger partial charge on any atom is -0.496 e. The molecule has 0 unspecified atom stereocenters. The van der Waals surface area contributed by atoms with Crippen LogP contribution in [0.25, 0.3) is 10.9 Å². The van der Waals surface area contributed by atoms with Crippen LogP contribution in [0.1, 0.15) is 16.8 Å². The molecule has 3 N–H and O–H groups in total. The number of ether oxygens (including phenoxy) is 1. The minimum atomic E-state index is 0.567. The Morgan fingerprint density at radius 2 is 2.07 bits per heavy atom. The first kappa shape index (κ1) is 10.1. The van der Waals surface area contributed by atoms with Crippen LogP contribution in [0.3, 0.4) is 0 Å². The van der Waals surface area contributed by atoms with Crippen molar-refractivity contribution in [3.8, 4) is 5.75 Å². The van der Waals surface area contributed by atoms with Gasteiger partial charge in [-0.1, -0.05) is 0 Å². The van der Waals surface area contributed by atoms with Gasteiger partial charge >= 0.3 is 0 Å². The van der Waals surface area contributed by atoms with E-state index in [0.717, 1.165) is 22.5 Å². The number of methoxy groups -OCH3 is 1. The molecule has 0 aliphatic carbocycles. The number of fused-ring (bicyclic) bond motifs is 1. The fourth-order valence-corrected chi connectivity index (χ4v) is 2.00. The number of benzene rings is 1. The van der Waals surface area contributed by atoms with E-state index in [1.807, 2.05) is 19.9 Å². The number of hydrogen-bond donors (Lipinski definition) is 2. The van der Waals surface area contributed by atoms with E-state index in [1.54, 1.807) is 7.11 Å². The van der Waals surface area contributed by atoms with Gasteiger partial charge in [0.25, 0.3) is 0 Å². The zero-order valence-electron chi connectivity index (χ0n) is 9.35. The average Bonchev–Trinajstić information content (AvgIpc) is 2.51. The summed E-state index contributed by atoms with van der Waals surface area (Å²) < 4.78 is 5.28. The number of aromatic nitrogens is 1. The normalized spacial score (nSPS) is 10.9. The number of nitrogens with one attached hydrogen (secondary N) is 1. The average molecular weight is 204 g/mol. The van der Waals surface area contributed by atoms with Crippen LogP contribution in [-0.2, 0) is 6.54 Å². The highest BCUT2D eigenvalue weighted by Gasteiger charge is 2.09. The molecule has 1 aromatic heterocycles. The van der Waals surface area contributed by atoms with Gasteiger partial charge < -0.3 is 15.5 Å². The summed E-state index contributed by atoms with van der Waals surface area (Å²) in [4.78, 5) is 3.32. The standard InChI is InChI=1S/C12H16N2O/c1-7-4-9-10(6-13)8(2)14-11(9)5-12(7)15-3/h4-5,14H,6,13H2,1-3H3. The highest BCUT2D eigenvalue weighted by atomic mass is 16.5. The maximum absolute atomic E-state index is 5.73. The molecule has 1 aromatic carbocycles. The van der Waals surface area contributed by atoms with Gasteiger partial charge in [-0.2, -0.15) is 0 Å². The van der Waals surface area contributed by atoms with Gasteiger partial charge in [0.15, 0.2) is 0 Å². The molecule has 0 saturated carbocycles. The molecule has 2 rings (SSSR count). The molecule has 0 bridgehead atoms. The Hall–Kier alpha value is -1.48. The van der Waals surface area contributed by atoms with Crippen molar-refractivity contribution in [3.05, 3.63) is 29.0 Å². The van der Waals surface area contributed by atoms with Crippen LogP contribution in [-0.4, -0.2) is 12.1 Å². The zero-order chi connectivity index (χ0) is 11.0. The molecule has 1 heterocycles. The van der Waals surface area contributed by atoms with E-state index in [-0.39, 0.29) is 0 Å². The highest BCUT2D eigenvalue weighted by molar-refractivity contribution is 5.86. The van der Waals surface area contributed by atoms with Crippen molar-refractivity contribution in [2.45, 2.75) is 20.4 Å². The number of aryl methyl sites for hydroxylation is 2. The van der Waals surface area contributed by atoms with Gasteiger partial charge in [0.05, 0.1) is 7.11 Å². The monoisotopic (exact) mass is 204 g/mol. The Labute approximate surface area is 89.2 Å². The van der Waals surface area contributed by atoms with E-state index >= 15 is 0 Å². The summed E-state index contributed by atoms with van der Waals surface area (Å²) in [6.45, 7) is 4.66. The van der Waals surface area contributed by atoms with Gasteiger partial charge in [0, 0.05) is 29.2 Å². The Kier molecular flexibility index (Phi) is 2.40. The van der Waals surface area contributed by atoms with Crippen molar-refractivity contribution >= 4 is 10.9 Å². The molecule has 0 aliphatic rings. The maximum atomic E-state index is 5.73. The number of aromatic amines is 1. The summed E-state index contributed by atoms with van der Waals surface area (Å²) in [5.41, 5.74) is 10.3. The van der Waals surface area contributed by atoms with Gasteiger partial charge in [0.1, 0.15) is 5.75 Å². The van der Waals surface area contributed by atoms with Gasteiger partial charge in [-0.25, -0.2) is 0 Å². The third-order valence-electron chi connectivity index (χ3n) is 2.84. The van der Waals surface area contributed by atoms with Crippen LogP contribution in [0.2, 0.25) is 0 Å². The maximum Gasteiger partial charge on any atom is 0.123 e. The Morgan fingerprint density at radius 1 is 1.33 bits per heavy atom. The summed E-state index contributed by atoms with van der Waals surface area (Å²) >= 11 is 0. The molecule has 2 aromatic rings. The van der Waals surface area contributed by atoms with Crippen LogP contribution in [0.15, 0.2) is 12.1 Å². The first-order chi connectivity index (χ1) is 7.17. The molecule has 0 amide bonds. The predicted octanol–water partition coefficient (Wildman–Crippen LogP) is 2.25. The molecule has 0 radical (unpaired) electrons. The summed E-state index contributed by atoms with van der Waals surface area (Å²) in [7, 11) is 1.69. The zero-order valence-corrected chi connectivity index (χ0v) is 9.35. The lowest BCUT2D eigenvalue weighted by Gasteiger charge is -2.04. The smallest absolute Gasteiger partial charge is 0.123 e. The lowest BCUT2D eigenvalue weighted by Crippen LogP contribution is -1.97. The van der Waals surface area contributed by atoms with Crippen molar-refractivity contribution in [2.24, 2.45) is 5.73 Å². The summed E-state index contributed by atoms with van der Waals surface area (Å²) in [6, 6.07) is 4.15. The second-order valence-corrected chi connectivity index (χ2v) is 3.80. The SMILES string of the molecule is COc1cc2[nH]c(C)c(CN)c2cc1C. The molecular weight excluding hydrogens is 188 g/mol. The van der Waals surface area contributed by atoms with Crippen LogP contribution >= 0.6 is 0 Å². The summed E-state index contributed by atoms with van der Waals surface area (Å²) in [6.07, 6.45) is 0. The summed E-state index contributed by atoms with van der Waals surface area (Å²) in [5.74, 6) is 0.910. The Bertz CT molecular complexity index is 500. The fourth-order valence-electron chi connectivity index (χ4n) is 2.00. The third kappa shape index (κ3) is 1.49. The lowest BCUT2D eigenvalue weighted by molar-refractivity contribution is 0.412. The van der Waals surface area contributed by atoms with Crippen molar-refractivity contribution in [3.63, 3.8) is 0 Å². The van der Waals surface area contributed by atoms with Gasteiger partial charge in [-0.15, -0.1) is 0 Å². The quantitative estimate of drug-likeness (QED) is 0.788. The second-order valence-electron chi connectivity index (χ2n) is 3.80. The first-order valence-corrected chi connectivity index (χ1v) is 5.03. The predicted molar refractivity (Wildman–Crippen MR) is 62.2 cm³/mol. The third-order valence-corrected chi connectivity index (χ3v) is 2.84.